The van der Waals surface area contributed by atoms with E-state index in [-0.39, 0.29) is 5.56 Å². The number of H-pyrrole nitrogens is 1. The first-order chi connectivity index (χ1) is 14.2. The van der Waals surface area contributed by atoms with Gasteiger partial charge in [-0.2, -0.15) is 0 Å². The molecule has 5 aromatic rings. The third-order valence-corrected chi connectivity index (χ3v) is 6.08. The number of aromatic amines is 1. The minimum Gasteiger partial charge on any atom is -0.306 e. The van der Waals surface area contributed by atoms with Crippen LogP contribution in [-0.4, -0.2) is 9.97 Å². The van der Waals surface area contributed by atoms with Crippen LogP contribution in [0.1, 0.15) is 0 Å². The first kappa shape index (κ1) is 17.9. The molecule has 1 N–H and O–H groups in total. The molecule has 3 aromatic carbocycles. The lowest BCUT2D eigenvalue weighted by atomic mass is 10.0. The predicted octanol–water partition coefficient (Wildman–Crippen LogP) is 6.64. The molecule has 140 valence electrons. The van der Waals surface area contributed by atoms with Gasteiger partial charge in [-0.05, 0) is 28.8 Å². The molecule has 0 saturated carbocycles. The predicted molar refractivity (Wildman–Crippen MR) is 122 cm³/mol. The fourth-order valence-corrected chi connectivity index (χ4v) is 4.59. The van der Waals surface area contributed by atoms with E-state index in [1.165, 1.54) is 11.3 Å². The van der Waals surface area contributed by atoms with Gasteiger partial charge in [0.25, 0.3) is 5.56 Å². The van der Waals surface area contributed by atoms with Crippen molar-refractivity contribution < 1.29 is 0 Å². The van der Waals surface area contributed by atoms with E-state index >= 15 is 0 Å². The highest BCUT2D eigenvalue weighted by Crippen LogP contribution is 2.33. The quantitative estimate of drug-likeness (QED) is 0.359. The molecule has 0 aliphatic heterocycles. The Balaban J connectivity index is 1.58. The maximum absolute atomic E-state index is 12.9. The number of nitrogens with one attached hydrogen (secondary N) is 1. The number of thiophene rings is 1. The summed E-state index contributed by atoms with van der Waals surface area (Å²) >= 11 is 7.73. The van der Waals surface area contributed by atoms with Gasteiger partial charge in [-0.1, -0.05) is 78.3 Å². The lowest BCUT2D eigenvalue weighted by Crippen LogP contribution is -2.09. The fourth-order valence-electron chi connectivity index (χ4n) is 3.42. The van der Waals surface area contributed by atoms with Gasteiger partial charge in [-0.25, -0.2) is 4.98 Å². The van der Waals surface area contributed by atoms with E-state index < -0.39 is 0 Å². The summed E-state index contributed by atoms with van der Waals surface area (Å²) in [7, 11) is 0. The third kappa shape index (κ3) is 3.27. The number of rotatable bonds is 3. The minimum atomic E-state index is -0.159. The first-order valence-electron chi connectivity index (χ1n) is 9.13. The van der Waals surface area contributed by atoms with Crippen molar-refractivity contribution in [2.24, 2.45) is 0 Å². The topological polar surface area (TPSA) is 45.8 Å². The zero-order valence-corrected chi connectivity index (χ0v) is 16.8. The van der Waals surface area contributed by atoms with E-state index in [1.54, 1.807) is 6.07 Å². The highest BCUT2D eigenvalue weighted by molar-refractivity contribution is 7.17. The van der Waals surface area contributed by atoms with Gasteiger partial charge in [-0.3, -0.25) is 4.79 Å². The summed E-state index contributed by atoms with van der Waals surface area (Å²) in [4.78, 5) is 21.1. The van der Waals surface area contributed by atoms with E-state index in [4.69, 9.17) is 11.6 Å². The molecule has 0 aliphatic rings. The summed E-state index contributed by atoms with van der Waals surface area (Å²) in [6.45, 7) is 0. The Labute approximate surface area is 176 Å². The largest absolute Gasteiger partial charge is 0.306 e. The summed E-state index contributed by atoms with van der Waals surface area (Å²) in [5.74, 6) is 0.487. The number of halogens is 1. The normalized spacial score (nSPS) is 11.1. The van der Waals surface area contributed by atoms with Crippen molar-refractivity contribution in [3.05, 3.63) is 99.6 Å². The van der Waals surface area contributed by atoms with Gasteiger partial charge < -0.3 is 4.98 Å². The van der Waals surface area contributed by atoms with Crippen LogP contribution in [0, 0.1) is 0 Å². The monoisotopic (exact) mass is 414 g/mol. The molecule has 5 rings (SSSR count). The van der Waals surface area contributed by atoms with Crippen LogP contribution in [0.2, 0.25) is 5.02 Å². The Morgan fingerprint density at radius 2 is 1.41 bits per heavy atom. The van der Waals surface area contributed by atoms with Crippen molar-refractivity contribution in [2.75, 3.05) is 0 Å². The summed E-state index contributed by atoms with van der Waals surface area (Å²) in [6, 6.07) is 25.8. The number of hydrogen-bond donors (Lipinski definition) is 1. The van der Waals surface area contributed by atoms with Gasteiger partial charge in [0, 0.05) is 16.5 Å². The molecule has 5 heteroatoms. The van der Waals surface area contributed by atoms with Gasteiger partial charge in [-0.15, -0.1) is 11.3 Å². The van der Waals surface area contributed by atoms with E-state index in [9.17, 15) is 4.79 Å². The molecule has 0 bridgehead atoms. The van der Waals surface area contributed by atoms with Crippen LogP contribution in [0.15, 0.2) is 89.0 Å². The van der Waals surface area contributed by atoms with Crippen molar-refractivity contribution in [1.29, 1.82) is 0 Å². The van der Waals surface area contributed by atoms with Crippen molar-refractivity contribution in [3.63, 3.8) is 0 Å². The number of nitrogens with zero attached hydrogens (tertiary/aromatic N) is 1. The zero-order chi connectivity index (χ0) is 19.8. The minimum absolute atomic E-state index is 0.159. The Morgan fingerprint density at radius 1 is 0.759 bits per heavy atom. The molecule has 0 amide bonds. The van der Waals surface area contributed by atoms with Gasteiger partial charge in [0.1, 0.15) is 10.7 Å². The highest BCUT2D eigenvalue weighted by atomic mass is 35.5. The molecule has 0 fully saturated rings. The molecular weight excluding hydrogens is 400 g/mol. The Morgan fingerprint density at radius 3 is 2.17 bits per heavy atom. The molecular formula is C24H15ClN2OS. The molecule has 0 aliphatic carbocycles. The van der Waals surface area contributed by atoms with Crippen LogP contribution < -0.4 is 5.56 Å². The lowest BCUT2D eigenvalue weighted by molar-refractivity contribution is 1.19. The van der Waals surface area contributed by atoms with Crippen LogP contribution >= 0.6 is 22.9 Å². The Kier molecular flexibility index (Phi) is 4.51. The van der Waals surface area contributed by atoms with Crippen LogP contribution in [0.3, 0.4) is 0 Å². The number of fused-ring (bicyclic) bond motifs is 1. The van der Waals surface area contributed by atoms with E-state index in [2.05, 4.69) is 34.2 Å². The van der Waals surface area contributed by atoms with Gasteiger partial charge in [0.05, 0.1) is 10.4 Å². The second-order valence-electron chi connectivity index (χ2n) is 6.67. The lowest BCUT2D eigenvalue weighted by Gasteiger charge is -2.05. The van der Waals surface area contributed by atoms with Crippen molar-refractivity contribution in [2.45, 2.75) is 0 Å². The van der Waals surface area contributed by atoms with Crippen LogP contribution in [0.5, 0.6) is 0 Å². The average Bonchev–Trinajstić information content (AvgIpc) is 3.19. The third-order valence-electron chi connectivity index (χ3n) is 4.88. The summed E-state index contributed by atoms with van der Waals surface area (Å²) in [5.41, 5.74) is 4.75. The number of aromatic nitrogens is 2. The molecule has 2 aromatic heterocycles. The summed E-state index contributed by atoms with van der Waals surface area (Å²) < 4.78 is 0. The SMILES string of the molecule is O=c1[nH]c(-c2ccccc2Cl)nc2scc(-c3ccc(-c4ccccc4)cc3)c12. The van der Waals surface area contributed by atoms with Gasteiger partial charge in [0.2, 0.25) is 0 Å². The second-order valence-corrected chi connectivity index (χ2v) is 7.93. The van der Waals surface area contributed by atoms with Crippen molar-refractivity contribution in [1.82, 2.24) is 9.97 Å². The molecule has 2 heterocycles. The molecule has 0 atom stereocenters. The van der Waals surface area contributed by atoms with E-state index in [0.717, 1.165) is 27.8 Å². The first-order valence-corrected chi connectivity index (χ1v) is 10.4. The summed E-state index contributed by atoms with van der Waals surface area (Å²) in [6.07, 6.45) is 0. The number of hydrogen-bond acceptors (Lipinski definition) is 3. The van der Waals surface area contributed by atoms with Crippen LogP contribution in [-0.2, 0) is 0 Å². The van der Waals surface area contributed by atoms with E-state index in [1.807, 2.05) is 53.9 Å². The van der Waals surface area contributed by atoms with E-state index in [0.29, 0.717) is 21.1 Å². The molecule has 0 spiro atoms. The standard InChI is InChI=1S/C24H15ClN2OS/c25-20-9-5-4-8-18(20)22-26-23(28)21-19(14-29-24(21)27-22)17-12-10-16(11-13-17)15-6-2-1-3-7-15/h1-14H,(H,26,27,28). The smallest absolute Gasteiger partial charge is 0.260 e. The molecule has 3 nitrogen and oxygen atoms in total. The molecule has 0 saturated heterocycles. The number of benzene rings is 3. The van der Waals surface area contributed by atoms with Crippen molar-refractivity contribution in [3.8, 4) is 33.6 Å². The van der Waals surface area contributed by atoms with Gasteiger partial charge >= 0.3 is 0 Å². The average molecular weight is 415 g/mol. The summed E-state index contributed by atoms with van der Waals surface area (Å²) in [5, 5.41) is 3.16. The second kappa shape index (κ2) is 7.32. The Hall–Kier alpha value is -3.21. The molecule has 0 radical (unpaired) electrons. The van der Waals surface area contributed by atoms with Crippen molar-refractivity contribution >= 4 is 33.2 Å². The maximum atomic E-state index is 12.9. The van der Waals surface area contributed by atoms with Crippen LogP contribution in [0.25, 0.3) is 43.9 Å². The maximum Gasteiger partial charge on any atom is 0.260 e. The zero-order valence-electron chi connectivity index (χ0n) is 15.2. The molecule has 0 unspecified atom stereocenters. The Bertz CT molecular complexity index is 1370. The highest BCUT2D eigenvalue weighted by Gasteiger charge is 2.15. The van der Waals surface area contributed by atoms with Crippen LogP contribution in [0.4, 0.5) is 0 Å². The molecule has 29 heavy (non-hydrogen) atoms. The fraction of sp³-hybridized carbons (Fsp3) is 0. The van der Waals surface area contributed by atoms with Gasteiger partial charge in [0.15, 0.2) is 0 Å².